The van der Waals surface area contributed by atoms with E-state index in [2.05, 4.69) is 20.5 Å². The number of rotatable bonds is 3. The van der Waals surface area contributed by atoms with Crippen LogP contribution in [0.2, 0.25) is 0 Å². The molecule has 0 aliphatic heterocycles. The first-order valence-corrected chi connectivity index (χ1v) is 8.24. The fourth-order valence-corrected chi connectivity index (χ4v) is 3.67. The Morgan fingerprint density at radius 2 is 2.08 bits per heavy atom. The molecule has 0 spiro atoms. The van der Waals surface area contributed by atoms with Crippen LogP contribution in [0.5, 0.6) is 0 Å². The third kappa shape index (κ3) is 3.81. The lowest BCUT2D eigenvalue weighted by Crippen LogP contribution is -2.26. The van der Waals surface area contributed by atoms with Gasteiger partial charge in [0.15, 0.2) is 0 Å². The lowest BCUT2D eigenvalue weighted by Gasteiger charge is -2.32. The Morgan fingerprint density at radius 1 is 1.35 bits per heavy atom. The van der Waals surface area contributed by atoms with Crippen molar-refractivity contribution < 1.29 is 13.2 Å². The highest BCUT2D eigenvalue weighted by molar-refractivity contribution is 6.39. The maximum Gasteiger partial charge on any atom is 0.416 e. The van der Waals surface area contributed by atoms with Crippen molar-refractivity contribution in [3.05, 3.63) is 52.2 Å². The van der Waals surface area contributed by atoms with Gasteiger partial charge in [-0.3, -0.25) is 0 Å². The zero-order chi connectivity index (χ0) is 19.1. The van der Waals surface area contributed by atoms with Crippen molar-refractivity contribution >= 4 is 40.7 Å². The number of nitrogens with zero attached hydrogens (tertiary/aromatic N) is 2. The molecule has 1 atom stereocenters. The number of aromatic nitrogens is 3. The van der Waals surface area contributed by atoms with Crippen LogP contribution >= 0.6 is 23.2 Å². The fourth-order valence-electron chi connectivity index (χ4n) is 2.82. The van der Waals surface area contributed by atoms with Gasteiger partial charge in [-0.1, -0.05) is 23.7 Å². The van der Waals surface area contributed by atoms with Crippen molar-refractivity contribution in [2.75, 3.05) is 11.1 Å². The van der Waals surface area contributed by atoms with Crippen molar-refractivity contribution in [3.8, 4) is 0 Å². The Morgan fingerprint density at radius 3 is 2.65 bits per heavy atom. The number of alkyl halides is 4. The summed E-state index contributed by atoms with van der Waals surface area (Å²) in [6.07, 6.45) is -2.58. The SMILES string of the molecule is CC1(Cl)CC(Nc2n[nH]c(N)n2)=CC(Cl)=C1c1cccc(C(F)(F)F)c1. The van der Waals surface area contributed by atoms with Gasteiger partial charge >= 0.3 is 6.18 Å². The molecular formula is C16H14Cl2F3N5. The number of aromatic amines is 1. The van der Waals surface area contributed by atoms with Crippen molar-refractivity contribution in [2.24, 2.45) is 0 Å². The van der Waals surface area contributed by atoms with E-state index < -0.39 is 16.6 Å². The van der Waals surface area contributed by atoms with E-state index in [-0.39, 0.29) is 23.3 Å². The van der Waals surface area contributed by atoms with E-state index in [1.54, 1.807) is 19.1 Å². The number of benzene rings is 1. The predicted molar refractivity (Wildman–Crippen MR) is 95.6 cm³/mol. The van der Waals surface area contributed by atoms with Crippen molar-refractivity contribution in [1.82, 2.24) is 15.2 Å². The van der Waals surface area contributed by atoms with Gasteiger partial charge in [-0.05, 0) is 36.3 Å². The van der Waals surface area contributed by atoms with Gasteiger partial charge in [0.25, 0.3) is 0 Å². The summed E-state index contributed by atoms with van der Waals surface area (Å²) in [5.41, 5.74) is 6.06. The molecule has 2 aromatic rings. The van der Waals surface area contributed by atoms with Crippen LogP contribution in [-0.4, -0.2) is 20.1 Å². The van der Waals surface area contributed by atoms with Crippen LogP contribution in [0.25, 0.3) is 5.57 Å². The summed E-state index contributed by atoms with van der Waals surface area (Å²) in [5.74, 6) is 0.386. The maximum absolute atomic E-state index is 13.0. The van der Waals surface area contributed by atoms with E-state index in [9.17, 15) is 13.2 Å². The summed E-state index contributed by atoms with van der Waals surface area (Å²) in [4.78, 5) is 2.90. The molecule has 1 aromatic carbocycles. The van der Waals surface area contributed by atoms with Gasteiger partial charge in [0.1, 0.15) is 0 Å². The minimum atomic E-state index is -4.45. The first kappa shape index (κ1) is 18.6. The van der Waals surface area contributed by atoms with E-state index in [0.29, 0.717) is 16.8 Å². The van der Waals surface area contributed by atoms with Crippen LogP contribution in [0.1, 0.15) is 24.5 Å². The minimum Gasteiger partial charge on any atom is -0.368 e. The van der Waals surface area contributed by atoms with E-state index in [0.717, 1.165) is 12.1 Å². The summed E-state index contributed by atoms with van der Waals surface area (Å²) >= 11 is 13.0. The number of nitrogens with one attached hydrogen (secondary N) is 2. The number of hydrogen-bond donors (Lipinski definition) is 3. The second-order valence-electron chi connectivity index (χ2n) is 6.01. The molecule has 138 valence electrons. The maximum atomic E-state index is 13.0. The molecule has 26 heavy (non-hydrogen) atoms. The van der Waals surface area contributed by atoms with Crippen LogP contribution in [0, 0.1) is 0 Å². The molecule has 1 aliphatic carbocycles. The molecule has 0 amide bonds. The number of allylic oxidation sites excluding steroid dienone is 4. The standard InChI is InChI=1S/C16H14Cl2F3N5/c1-15(18)7-10(23-14-24-13(22)25-26-14)6-11(17)12(15)8-3-2-4-9(5-8)16(19,20)21/h2-6H,7H2,1H3,(H4,22,23,24,25,26). The highest BCUT2D eigenvalue weighted by atomic mass is 35.5. The molecule has 10 heteroatoms. The van der Waals surface area contributed by atoms with Crippen LogP contribution in [0.15, 0.2) is 41.1 Å². The Balaban J connectivity index is 1.99. The van der Waals surface area contributed by atoms with Crippen LogP contribution < -0.4 is 11.1 Å². The number of H-pyrrole nitrogens is 1. The zero-order valence-electron chi connectivity index (χ0n) is 13.5. The van der Waals surface area contributed by atoms with Crippen molar-refractivity contribution in [3.63, 3.8) is 0 Å². The van der Waals surface area contributed by atoms with Crippen molar-refractivity contribution in [2.45, 2.75) is 24.4 Å². The summed E-state index contributed by atoms with van der Waals surface area (Å²) in [5, 5.41) is 9.52. The normalized spacial score (nSPS) is 20.9. The quantitative estimate of drug-likeness (QED) is 0.645. The van der Waals surface area contributed by atoms with Crippen LogP contribution in [0.4, 0.5) is 25.1 Å². The van der Waals surface area contributed by atoms with Gasteiger partial charge in [-0.2, -0.15) is 18.2 Å². The van der Waals surface area contributed by atoms with Crippen LogP contribution in [-0.2, 0) is 6.18 Å². The summed E-state index contributed by atoms with van der Waals surface area (Å²) in [7, 11) is 0. The second-order valence-corrected chi connectivity index (χ2v) is 7.26. The third-order valence-electron chi connectivity index (χ3n) is 3.84. The Kier molecular flexibility index (Phi) is 4.66. The fraction of sp³-hybridized carbons (Fsp3) is 0.250. The number of nitrogens with two attached hydrogens (primary N) is 1. The molecule has 0 radical (unpaired) electrons. The molecule has 1 aromatic heterocycles. The predicted octanol–water partition coefficient (Wildman–Crippen LogP) is 4.75. The van der Waals surface area contributed by atoms with Gasteiger partial charge in [-0.25, -0.2) is 5.10 Å². The third-order valence-corrected chi connectivity index (χ3v) is 4.46. The van der Waals surface area contributed by atoms with Gasteiger partial charge in [-0.15, -0.1) is 16.7 Å². The lowest BCUT2D eigenvalue weighted by atomic mass is 9.85. The number of anilines is 2. The minimum absolute atomic E-state index is 0.142. The molecule has 0 saturated carbocycles. The van der Waals surface area contributed by atoms with E-state index in [1.165, 1.54) is 6.07 Å². The highest BCUT2D eigenvalue weighted by Gasteiger charge is 2.36. The zero-order valence-corrected chi connectivity index (χ0v) is 15.0. The number of halogens is 5. The first-order chi connectivity index (χ1) is 12.1. The van der Waals surface area contributed by atoms with Crippen LogP contribution in [0.3, 0.4) is 0 Å². The van der Waals surface area contributed by atoms with Gasteiger partial charge in [0, 0.05) is 17.2 Å². The molecule has 1 unspecified atom stereocenters. The van der Waals surface area contributed by atoms with Crippen molar-refractivity contribution in [1.29, 1.82) is 0 Å². The Labute approximate surface area is 157 Å². The Hall–Kier alpha value is -2.19. The summed E-state index contributed by atoms with van der Waals surface area (Å²) in [6, 6.07) is 4.93. The smallest absolute Gasteiger partial charge is 0.368 e. The van der Waals surface area contributed by atoms with Gasteiger partial charge in [0.05, 0.1) is 10.4 Å². The average Bonchev–Trinajstić information content (AvgIpc) is 2.90. The topological polar surface area (TPSA) is 79.6 Å². The molecule has 1 aliphatic rings. The van der Waals surface area contributed by atoms with E-state index >= 15 is 0 Å². The highest BCUT2D eigenvalue weighted by Crippen LogP contribution is 2.45. The van der Waals surface area contributed by atoms with E-state index in [4.69, 9.17) is 28.9 Å². The number of hydrogen-bond acceptors (Lipinski definition) is 4. The van der Waals surface area contributed by atoms with Gasteiger partial charge < -0.3 is 11.1 Å². The lowest BCUT2D eigenvalue weighted by molar-refractivity contribution is -0.137. The van der Waals surface area contributed by atoms with Gasteiger partial charge in [0.2, 0.25) is 11.9 Å². The van der Waals surface area contributed by atoms with E-state index in [1.807, 2.05) is 0 Å². The molecule has 0 bridgehead atoms. The molecular weight excluding hydrogens is 390 g/mol. The number of nitrogen functional groups attached to an aromatic ring is 1. The molecule has 0 saturated heterocycles. The first-order valence-electron chi connectivity index (χ1n) is 7.48. The molecule has 3 rings (SSSR count). The molecule has 5 nitrogen and oxygen atoms in total. The monoisotopic (exact) mass is 403 g/mol. The molecule has 1 heterocycles. The Bertz CT molecular complexity index is 899. The summed E-state index contributed by atoms with van der Waals surface area (Å²) in [6.45, 7) is 1.69. The largest absolute Gasteiger partial charge is 0.416 e. The molecule has 0 fully saturated rings. The molecule has 4 N–H and O–H groups in total. The average molecular weight is 404 g/mol. The summed E-state index contributed by atoms with van der Waals surface area (Å²) < 4.78 is 39.0. The second kappa shape index (κ2) is 6.51.